The van der Waals surface area contributed by atoms with Gasteiger partial charge in [0.1, 0.15) is 5.75 Å². The van der Waals surface area contributed by atoms with Gasteiger partial charge in [-0.25, -0.2) is 0 Å². The van der Waals surface area contributed by atoms with E-state index in [1.807, 2.05) is 4.90 Å². The quantitative estimate of drug-likeness (QED) is 0.779. The molecule has 0 spiro atoms. The van der Waals surface area contributed by atoms with Gasteiger partial charge in [0, 0.05) is 17.6 Å². The SMILES string of the molecule is O=Cc1cc(Br)ccc1OCC(=O)N1CCCCCCC1. The summed E-state index contributed by atoms with van der Waals surface area (Å²) in [6.45, 7) is 1.61. The summed E-state index contributed by atoms with van der Waals surface area (Å²) in [5.74, 6) is 0.449. The highest BCUT2D eigenvalue weighted by atomic mass is 79.9. The molecule has 0 atom stereocenters. The summed E-state index contributed by atoms with van der Waals surface area (Å²) in [6, 6.07) is 5.18. The van der Waals surface area contributed by atoms with Crippen LogP contribution in [0.1, 0.15) is 42.5 Å². The van der Waals surface area contributed by atoms with Crippen LogP contribution in [0.4, 0.5) is 0 Å². The minimum absolute atomic E-state index is 0.00309. The minimum Gasteiger partial charge on any atom is -0.483 e. The lowest BCUT2D eigenvalue weighted by molar-refractivity contribution is -0.133. The van der Waals surface area contributed by atoms with Crippen molar-refractivity contribution in [1.82, 2.24) is 4.90 Å². The molecule has 5 heteroatoms. The number of carbonyl (C=O) groups is 2. The molecule has 1 amide bonds. The number of halogens is 1. The molecule has 2 rings (SSSR count). The molecule has 0 radical (unpaired) electrons. The van der Waals surface area contributed by atoms with Crippen LogP contribution in [-0.4, -0.2) is 36.8 Å². The highest BCUT2D eigenvalue weighted by molar-refractivity contribution is 9.10. The molecule has 0 aliphatic carbocycles. The molecule has 1 aliphatic heterocycles. The Kier molecular flexibility index (Phi) is 6.23. The lowest BCUT2D eigenvalue weighted by atomic mass is 10.1. The molecule has 21 heavy (non-hydrogen) atoms. The Balaban J connectivity index is 1.92. The van der Waals surface area contributed by atoms with Crippen molar-refractivity contribution in [3.05, 3.63) is 28.2 Å². The third kappa shape index (κ3) is 4.84. The van der Waals surface area contributed by atoms with E-state index in [9.17, 15) is 9.59 Å². The predicted octanol–water partition coefficient (Wildman–Crippen LogP) is 3.43. The van der Waals surface area contributed by atoms with Crippen molar-refractivity contribution in [2.45, 2.75) is 32.1 Å². The Bertz CT molecular complexity index is 496. The van der Waals surface area contributed by atoms with E-state index in [1.54, 1.807) is 18.2 Å². The Labute approximate surface area is 133 Å². The van der Waals surface area contributed by atoms with Gasteiger partial charge in [-0.2, -0.15) is 0 Å². The summed E-state index contributed by atoms with van der Waals surface area (Å²) in [7, 11) is 0. The smallest absolute Gasteiger partial charge is 0.260 e. The number of hydrogen-bond donors (Lipinski definition) is 0. The second-order valence-corrected chi connectivity index (χ2v) is 6.15. The van der Waals surface area contributed by atoms with Crippen LogP contribution < -0.4 is 4.74 Å². The molecular weight excluding hydrogens is 334 g/mol. The number of aldehydes is 1. The molecule has 1 aliphatic rings. The van der Waals surface area contributed by atoms with Crippen molar-refractivity contribution in [1.29, 1.82) is 0 Å². The van der Waals surface area contributed by atoms with Crippen LogP contribution in [0.15, 0.2) is 22.7 Å². The maximum Gasteiger partial charge on any atom is 0.260 e. The summed E-state index contributed by atoms with van der Waals surface area (Å²) in [5.41, 5.74) is 0.449. The molecule has 0 bridgehead atoms. The number of rotatable bonds is 4. The fraction of sp³-hybridized carbons (Fsp3) is 0.500. The fourth-order valence-corrected chi connectivity index (χ4v) is 2.85. The van der Waals surface area contributed by atoms with Crippen LogP contribution in [0.3, 0.4) is 0 Å². The molecule has 1 aromatic rings. The van der Waals surface area contributed by atoms with E-state index in [2.05, 4.69) is 15.9 Å². The monoisotopic (exact) mass is 353 g/mol. The molecule has 1 fully saturated rings. The summed E-state index contributed by atoms with van der Waals surface area (Å²) >= 11 is 3.31. The molecule has 1 saturated heterocycles. The van der Waals surface area contributed by atoms with Crippen LogP contribution in [0.5, 0.6) is 5.75 Å². The van der Waals surface area contributed by atoms with Gasteiger partial charge < -0.3 is 9.64 Å². The first kappa shape index (κ1) is 16.0. The van der Waals surface area contributed by atoms with Gasteiger partial charge in [-0.15, -0.1) is 0 Å². The third-order valence-corrected chi connectivity index (χ3v) is 4.15. The van der Waals surface area contributed by atoms with E-state index in [-0.39, 0.29) is 12.5 Å². The van der Waals surface area contributed by atoms with Gasteiger partial charge in [0.25, 0.3) is 5.91 Å². The molecular formula is C16H20BrNO3. The van der Waals surface area contributed by atoms with E-state index in [0.29, 0.717) is 11.3 Å². The minimum atomic E-state index is -0.0114. The molecule has 1 heterocycles. The van der Waals surface area contributed by atoms with Crippen LogP contribution in [-0.2, 0) is 4.79 Å². The highest BCUT2D eigenvalue weighted by Crippen LogP contribution is 2.21. The molecule has 0 saturated carbocycles. The van der Waals surface area contributed by atoms with Crippen molar-refractivity contribution < 1.29 is 14.3 Å². The summed E-state index contributed by atoms with van der Waals surface area (Å²) in [4.78, 5) is 25.1. The first-order valence-electron chi connectivity index (χ1n) is 7.36. The van der Waals surface area contributed by atoms with E-state index in [0.717, 1.165) is 36.7 Å². The van der Waals surface area contributed by atoms with Crippen molar-refractivity contribution in [2.24, 2.45) is 0 Å². The maximum atomic E-state index is 12.2. The summed E-state index contributed by atoms with van der Waals surface area (Å²) in [6.07, 6.45) is 6.49. The zero-order valence-electron chi connectivity index (χ0n) is 12.0. The Hall–Kier alpha value is -1.36. The largest absolute Gasteiger partial charge is 0.483 e. The van der Waals surface area contributed by atoms with E-state index < -0.39 is 0 Å². The zero-order valence-corrected chi connectivity index (χ0v) is 13.6. The van der Waals surface area contributed by atoms with Gasteiger partial charge >= 0.3 is 0 Å². The average Bonchev–Trinajstić information content (AvgIpc) is 2.45. The first-order chi connectivity index (χ1) is 10.2. The van der Waals surface area contributed by atoms with Crippen LogP contribution in [0.25, 0.3) is 0 Å². The molecule has 114 valence electrons. The number of carbonyl (C=O) groups excluding carboxylic acids is 2. The molecule has 0 unspecified atom stereocenters. The van der Waals surface area contributed by atoms with E-state index in [1.165, 1.54) is 19.3 Å². The van der Waals surface area contributed by atoms with Crippen LogP contribution >= 0.6 is 15.9 Å². The predicted molar refractivity (Wildman–Crippen MR) is 84.7 cm³/mol. The first-order valence-corrected chi connectivity index (χ1v) is 8.15. The number of benzene rings is 1. The number of hydrogen-bond acceptors (Lipinski definition) is 3. The molecule has 0 aromatic heterocycles. The zero-order chi connectivity index (χ0) is 15.1. The second-order valence-electron chi connectivity index (χ2n) is 5.24. The standard InChI is InChI=1S/C16H20BrNO3/c17-14-6-7-15(13(10-14)11-19)21-12-16(20)18-8-4-2-1-3-5-9-18/h6-7,10-11H,1-5,8-9,12H2. The molecule has 1 aromatic carbocycles. The number of nitrogens with zero attached hydrogens (tertiary/aromatic N) is 1. The normalized spacial score (nSPS) is 16.0. The topological polar surface area (TPSA) is 46.6 Å². The lowest BCUT2D eigenvalue weighted by Crippen LogP contribution is -2.37. The van der Waals surface area contributed by atoms with Crippen molar-refractivity contribution >= 4 is 28.1 Å². The Morgan fingerprint density at radius 3 is 2.52 bits per heavy atom. The van der Waals surface area contributed by atoms with Gasteiger partial charge in [0.05, 0.1) is 5.56 Å². The molecule has 0 N–H and O–H groups in total. The highest BCUT2D eigenvalue weighted by Gasteiger charge is 2.16. The van der Waals surface area contributed by atoms with Gasteiger partial charge in [0.2, 0.25) is 0 Å². The van der Waals surface area contributed by atoms with Crippen LogP contribution in [0, 0.1) is 0 Å². The maximum absolute atomic E-state index is 12.2. The summed E-state index contributed by atoms with van der Waals surface area (Å²) in [5, 5.41) is 0. The van der Waals surface area contributed by atoms with E-state index in [4.69, 9.17) is 4.74 Å². The van der Waals surface area contributed by atoms with Crippen LogP contribution in [0.2, 0.25) is 0 Å². The summed E-state index contributed by atoms with van der Waals surface area (Å²) < 4.78 is 6.34. The fourth-order valence-electron chi connectivity index (χ4n) is 2.47. The van der Waals surface area contributed by atoms with Gasteiger partial charge in [-0.3, -0.25) is 9.59 Å². The van der Waals surface area contributed by atoms with Gasteiger partial charge in [-0.05, 0) is 31.0 Å². The Morgan fingerprint density at radius 1 is 1.19 bits per heavy atom. The Morgan fingerprint density at radius 2 is 1.86 bits per heavy atom. The number of likely N-dealkylation sites (tertiary alicyclic amines) is 1. The third-order valence-electron chi connectivity index (χ3n) is 3.66. The second kappa shape index (κ2) is 8.17. The average molecular weight is 354 g/mol. The van der Waals surface area contributed by atoms with Crippen molar-refractivity contribution in [3.8, 4) is 5.75 Å². The number of amides is 1. The molecule has 4 nitrogen and oxygen atoms in total. The van der Waals surface area contributed by atoms with E-state index >= 15 is 0 Å². The van der Waals surface area contributed by atoms with Gasteiger partial charge in [0.15, 0.2) is 12.9 Å². The van der Waals surface area contributed by atoms with Crippen molar-refractivity contribution in [2.75, 3.05) is 19.7 Å². The van der Waals surface area contributed by atoms with Crippen molar-refractivity contribution in [3.63, 3.8) is 0 Å². The lowest BCUT2D eigenvalue weighted by Gasteiger charge is -2.24. The number of ether oxygens (including phenoxy) is 1. The van der Waals surface area contributed by atoms with Gasteiger partial charge in [-0.1, -0.05) is 35.2 Å².